The average molecular weight is 345 g/mol. The Morgan fingerprint density at radius 3 is 2.92 bits per heavy atom. The minimum Gasteiger partial charge on any atom is -0.486 e. The molecule has 134 valence electrons. The van der Waals surface area contributed by atoms with Gasteiger partial charge in [-0.25, -0.2) is 0 Å². The summed E-state index contributed by atoms with van der Waals surface area (Å²) < 4.78 is 18.8. The molecule has 7 nitrogen and oxygen atoms in total. The van der Waals surface area contributed by atoms with Gasteiger partial charge in [0, 0.05) is 32.0 Å². The molecule has 0 spiro atoms. The molecule has 0 unspecified atom stereocenters. The third-order valence-electron chi connectivity index (χ3n) is 4.55. The maximum atomic E-state index is 10.6. The Morgan fingerprint density at radius 2 is 2.08 bits per heavy atom. The van der Waals surface area contributed by atoms with Gasteiger partial charge in [-0.2, -0.15) is 5.10 Å². The van der Waals surface area contributed by atoms with Gasteiger partial charge in [0.2, 0.25) is 0 Å². The van der Waals surface area contributed by atoms with Crippen molar-refractivity contribution in [3.05, 3.63) is 42.2 Å². The van der Waals surface area contributed by atoms with Crippen molar-refractivity contribution in [1.29, 1.82) is 0 Å². The number of β-amino-alcohol motifs (C(OH)–C–C–N with tert-alkyl or cyclic N) is 1. The molecular formula is C18H23N3O4. The van der Waals surface area contributed by atoms with Gasteiger partial charge in [0.15, 0.2) is 11.5 Å². The van der Waals surface area contributed by atoms with Crippen molar-refractivity contribution in [2.75, 3.05) is 39.5 Å². The van der Waals surface area contributed by atoms with E-state index in [1.807, 2.05) is 35.1 Å². The number of hydrogen-bond acceptors (Lipinski definition) is 6. The van der Waals surface area contributed by atoms with E-state index >= 15 is 0 Å². The second kappa shape index (κ2) is 7.43. The van der Waals surface area contributed by atoms with Gasteiger partial charge in [-0.15, -0.1) is 0 Å². The molecule has 1 aromatic carbocycles. The highest BCUT2D eigenvalue weighted by Crippen LogP contribution is 2.32. The van der Waals surface area contributed by atoms with Gasteiger partial charge in [-0.3, -0.25) is 9.58 Å². The molecular weight excluding hydrogens is 322 g/mol. The quantitative estimate of drug-likeness (QED) is 0.875. The zero-order valence-corrected chi connectivity index (χ0v) is 14.1. The summed E-state index contributed by atoms with van der Waals surface area (Å²) in [6, 6.07) is 7.56. The molecule has 7 heteroatoms. The molecule has 0 bridgehead atoms. The first-order valence-electron chi connectivity index (χ1n) is 8.67. The Morgan fingerprint density at radius 1 is 1.20 bits per heavy atom. The number of aliphatic hydroxyl groups is 1. The first-order valence-corrected chi connectivity index (χ1v) is 8.67. The Balaban J connectivity index is 1.36. The summed E-state index contributed by atoms with van der Waals surface area (Å²) in [5.41, 5.74) is 0.847. The summed E-state index contributed by atoms with van der Waals surface area (Å²) in [6.07, 6.45) is 3.22. The normalized spacial score (nSPS) is 21.9. The maximum Gasteiger partial charge on any atom is 0.161 e. The van der Waals surface area contributed by atoms with Gasteiger partial charge in [-0.05, 0) is 23.8 Å². The number of morpholine rings is 1. The van der Waals surface area contributed by atoms with Gasteiger partial charge >= 0.3 is 0 Å². The molecule has 2 aliphatic rings. The number of benzene rings is 1. The Bertz CT molecular complexity index is 692. The number of nitrogens with zero attached hydrogens (tertiary/aromatic N) is 3. The van der Waals surface area contributed by atoms with E-state index in [1.165, 1.54) is 0 Å². The molecule has 0 radical (unpaired) electrons. The predicted molar refractivity (Wildman–Crippen MR) is 90.8 cm³/mol. The predicted octanol–water partition coefficient (Wildman–Crippen LogP) is 1.09. The van der Waals surface area contributed by atoms with Crippen LogP contribution in [0.15, 0.2) is 36.7 Å². The number of aromatic nitrogens is 2. The van der Waals surface area contributed by atoms with Crippen molar-refractivity contribution in [2.24, 2.45) is 0 Å². The minimum atomic E-state index is -0.570. The average Bonchev–Trinajstić information content (AvgIpc) is 3.14. The second-order valence-electron chi connectivity index (χ2n) is 6.40. The molecule has 2 aliphatic heterocycles. The third-order valence-corrected chi connectivity index (χ3v) is 4.55. The summed E-state index contributed by atoms with van der Waals surface area (Å²) in [5, 5.41) is 14.8. The molecule has 1 N–H and O–H groups in total. The molecule has 2 atom stereocenters. The van der Waals surface area contributed by atoms with Crippen LogP contribution in [0.5, 0.6) is 11.5 Å². The van der Waals surface area contributed by atoms with Crippen LogP contribution >= 0.6 is 0 Å². The lowest BCUT2D eigenvalue weighted by Crippen LogP contribution is -2.45. The SMILES string of the molecule is O[C@@H](CN1CCO[C@H](Cn2cccn2)C1)c1ccc2c(c1)OCCO2. The van der Waals surface area contributed by atoms with Crippen molar-refractivity contribution in [2.45, 2.75) is 18.8 Å². The molecule has 25 heavy (non-hydrogen) atoms. The lowest BCUT2D eigenvalue weighted by Gasteiger charge is -2.34. The van der Waals surface area contributed by atoms with E-state index in [-0.39, 0.29) is 6.10 Å². The topological polar surface area (TPSA) is 69.0 Å². The van der Waals surface area contributed by atoms with Crippen molar-refractivity contribution in [3.63, 3.8) is 0 Å². The van der Waals surface area contributed by atoms with Crippen molar-refractivity contribution in [1.82, 2.24) is 14.7 Å². The highest BCUT2D eigenvalue weighted by Gasteiger charge is 2.24. The van der Waals surface area contributed by atoms with Gasteiger partial charge in [0.05, 0.1) is 25.4 Å². The molecule has 0 amide bonds. The Labute approximate surface area is 146 Å². The van der Waals surface area contributed by atoms with E-state index in [9.17, 15) is 5.11 Å². The molecule has 1 saturated heterocycles. The maximum absolute atomic E-state index is 10.6. The van der Waals surface area contributed by atoms with Crippen LogP contribution in [-0.2, 0) is 11.3 Å². The highest BCUT2D eigenvalue weighted by molar-refractivity contribution is 5.44. The summed E-state index contributed by atoms with van der Waals surface area (Å²) in [4.78, 5) is 2.24. The number of rotatable bonds is 5. The molecule has 1 aromatic heterocycles. The van der Waals surface area contributed by atoms with E-state index in [0.717, 1.165) is 30.9 Å². The van der Waals surface area contributed by atoms with Crippen LogP contribution < -0.4 is 9.47 Å². The van der Waals surface area contributed by atoms with Crippen LogP contribution in [0.25, 0.3) is 0 Å². The molecule has 2 aromatic rings. The fraction of sp³-hybridized carbons (Fsp3) is 0.500. The lowest BCUT2D eigenvalue weighted by atomic mass is 10.1. The lowest BCUT2D eigenvalue weighted by molar-refractivity contribution is -0.0486. The second-order valence-corrected chi connectivity index (χ2v) is 6.40. The molecule has 1 fully saturated rings. The summed E-state index contributed by atoms with van der Waals surface area (Å²) >= 11 is 0. The smallest absolute Gasteiger partial charge is 0.161 e. The molecule has 4 rings (SSSR count). The molecule has 0 aliphatic carbocycles. The van der Waals surface area contributed by atoms with E-state index in [2.05, 4.69) is 10.00 Å². The molecule has 3 heterocycles. The number of aliphatic hydroxyl groups excluding tert-OH is 1. The Kier molecular flexibility index (Phi) is 4.87. The van der Waals surface area contributed by atoms with Crippen LogP contribution in [0.2, 0.25) is 0 Å². The summed E-state index contributed by atoms with van der Waals surface area (Å²) in [7, 11) is 0. The number of hydrogen-bond donors (Lipinski definition) is 1. The fourth-order valence-corrected chi connectivity index (χ4v) is 3.29. The van der Waals surface area contributed by atoms with E-state index < -0.39 is 6.10 Å². The van der Waals surface area contributed by atoms with Gasteiger partial charge in [0.1, 0.15) is 13.2 Å². The van der Waals surface area contributed by atoms with E-state index in [4.69, 9.17) is 14.2 Å². The van der Waals surface area contributed by atoms with Gasteiger partial charge in [0.25, 0.3) is 0 Å². The van der Waals surface area contributed by atoms with Crippen molar-refractivity contribution in [3.8, 4) is 11.5 Å². The fourth-order valence-electron chi connectivity index (χ4n) is 3.29. The zero-order chi connectivity index (χ0) is 17.1. The van der Waals surface area contributed by atoms with Crippen molar-refractivity contribution < 1.29 is 19.3 Å². The summed E-state index contributed by atoms with van der Waals surface area (Å²) in [6.45, 7) is 4.67. The van der Waals surface area contributed by atoms with Gasteiger partial charge in [-0.1, -0.05) is 6.07 Å². The monoisotopic (exact) mass is 345 g/mol. The van der Waals surface area contributed by atoms with Crippen LogP contribution in [-0.4, -0.2) is 65.3 Å². The third kappa shape index (κ3) is 3.95. The summed E-state index contributed by atoms with van der Waals surface area (Å²) in [5.74, 6) is 1.45. The largest absolute Gasteiger partial charge is 0.486 e. The van der Waals surface area contributed by atoms with Crippen LogP contribution in [0.4, 0.5) is 0 Å². The number of fused-ring (bicyclic) bond motifs is 1. The number of ether oxygens (including phenoxy) is 3. The first-order chi connectivity index (χ1) is 12.3. The zero-order valence-electron chi connectivity index (χ0n) is 14.1. The standard InChI is InChI=1S/C18H23N3O4/c22-16(14-2-3-17-18(10-14)25-9-8-24-17)13-20-6-7-23-15(11-20)12-21-5-1-4-19-21/h1-5,10,15-16,22H,6-9,11-13H2/t15-,16-/m0/s1. The van der Waals surface area contributed by atoms with Crippen LogP contribution in [0.1, 0.15) is 11.7 Å². The van der Waals surface area contributed by atoms with Crippen molar-refractivity contribution >= 4 is 0 Å². The Hall–Kier alpha value is -2.09. The van der Waals surface area contributed by atoms with E-state index in [0.29, 0.717) is 32.1 Å². The first kappa shape index (κ1) is 16.4. The van der Waals surface area contributed by atoms with Crippen LogP contribution in [0.3, 0.4) is 0 Å². The van der Waals surface area contributed by atoms with Crippen LogP contribution in [0, 0.1) is 0 Å². The van der Waals surface area contributed by atoms with E-state index in [1.54, 1.807) is 6.20 Å². The van der Waals surface area contributed by atoms with Gasteiger partial charge < -0.3 is 19.3 Å². The minimum absolute atomic E-state index is 0.0844. The highest BCUT2D eigenvalue weighted by atomic mass is 16.6. The molecule has 0 saturated carbocycles.